The maximum absolute atomic E-state index is 11.9. The van der Waals surface area contributed by atoms with Gasteiger partial charge in [-0.05, 0) is 63.6 Å². The molecule has 0 atom stereocenters. The van der Waals surface area contributed by atoms with Crippen molar-refractivity contribution in [3.8, 4) is 0 Å². The lowest BCUT2D eigenvalue weighted by Gasteiger charge is -2.12. The van der Waals surface area contributed by atoms with Gasteiger partial charge in [-0.3, -0.25) is 4.79 Å². The minimum Gasteiger partial charge on any atom is -0.357 e. The number of nitrogens with one attached hydrogen (secondary N) is 3. The Kier molecular flexibility index (Phi) is 15.4. The van der Waals surface area contributed by atoms with Crippen LogP contribution >= 0.6 is 35.7 Å². The highest BCUT2D eigenvalue weighted by Crippen LogP contribution is 2.11. The van der Waals surface area contributed by atoms with Crippen LogP contribution in [0.2, 0.25) is 0 Å². The third-order valence-corrected chi connectivity index (χ3v) is 4.20. The van der Waals surface area contributed by atoms with E-state index in [1.54, 1.807) is 0 Å². The number of carbonyl (C=O) groups excluding carboxylic acids is 1. The lowest BCUT2D eigenvalue weighted by Crippen LogP contribution is -2.37. The van der Waals surface area contributed by atoms with Crippen LogP contribution < -0.4 is 16.0 Å². The molecular formula is C19H34IN5OS. The van der Waals surface area contributed by atoms with Crippen molar-refractivity contribution in [3.05, 3.63) is 29.8 Å². The topological polar surface area (TPSA) is 68.8 Å². The summed E-state index contributed by atoms with van der Waals surface area (Å²) >= 11 is 1.88. The fourth-order valence-corrected chi connectivity index (χ4v) is 2.82. The largest absolute Gasteiger partial charge is 0.357 e. The summed E-state index contributed by atoms with van der Waals surface area (Å²) in [5.74, 6) is 2.01. The minimum absolute atomic E-state index is 0. The maximum Gasteiger partial charge on any atom is 0.238 e. The van der Waals surface area contributed by atoms with E-state index in [9.17, 15) is 4.79 Å². The highest BCUT2D eigenvalue weighted by molar-refractivity contribution is 14.0. The first-order valence-corrected chi connectivity index (χ1v) is 10.5. The standard InChI is InChI=1S/C19H33N5OS.HI/c1-5-20-19(21-11-6-7-12-26-4)22-14-16-9-8-10-17(13-16)23-18(25)15-24(2)3;/h8-10,13H,5-7,11-12,14-15H2,1-4H3,(H,23,25)(H2,20,21,22);1H. The molecule has 0 aromatic heterocycles. The first-order valence-electron chi connectivity index (χ1n) is 9.09. The van der Waals surface area contributed by atoms with Crippen LogP contribution in [0.3, 0.4) is 0 Å². The number of likely N-dealkylation sites (N-methyl/N-ethyl adjacent to an activating group) is 1. The van der Waals surface area contributed by atoms with Gasteiger partial charge < -0.3 is 20.9 Å². The van der Waals surface area contributed by atoms with Crippen LogP contribution in [-0.2, 0) is 11.3 Å². The molecule has 3 N–H and O–H groups in total. The van der Waals surface area contributed by atoms with Crippen molar-refractivity contribution in [1.82, 2.24) is 15.5 Å². The monoisotopic (exact) mass is 507 g/mol. The van der Waals surface area contributed by atoms with Gasteiger partial charge in [-0.25, -0.2) is 4.99 Å². The van der Waals surface area contributed by atoms with Crippen LogP contribution in [0.15, 0.2) is 29.3 Å². The predicted octanol–water partition coefficient (Wildman–Crippen LogP) is 3.00. The molecule has 0 saturated heterocycles. The van der Waals surface area contributed by atoms with Crippen LogP contribution in [-0.4, -0.2) is 62.5 Å². The fourth-order valence-electron chi connectivity index (χ4n) is 2.33. The minimum atomic E-state index is -0.0177. The number of guanidine groups is 1. The lowest BCUT2D eigenvalue weighted by molar-refractivity contribution is -0.116. The van der Waals surface area contributed by atoms with Gasteiger partial charge >= 0.3 is 0 Å². The summed E-state index contributed by atoms with van der Waals surface area (Å²) in [4.78, 5) is 18.4. The summed E-state index contributed by atoms with van der Waals surface area (Å²) in [6.45, 7) is 4.75. The van der Waals surface area contributed by atoms with Crippen molar-refractivity contribution in [2.24, 2.45) is 4.99 Å². The number of unbranched alkanes of at least 4 members (excludes halogenated alkanes) is 1. The van der Waals surface area contributed by atoms with Crippen molar-refractivity contribution >= 4 is 53.3 Å². The molecule has 0 saturated carbocycles. The van der Waals surface area contributed by atoms with Gasteiger partial charge in [0.25, 0.3) is 0 Å². The van der Waals surface area contributed by atoms with Gasteiger partial charge in [0.15, 0.2) is 5.96 Å². The molecule has 6 nitrogen and oxygen atoms in total. The zero-order valence-corrected chi connectivity index (χ0v) is 20.0. The molecule has 0 heterocycles. The number of hydrogen-bond donors (Lipinski definition) is 3. The highest BCUT2D eigenvalue weighted by Gasteiger charge is 2.04. The summed E-state index contributed by atoms with van der Waals surface area (Å²) < 4.78 is 0. The van der Waals surface area contributed by atoms with Crippen molar-refractivity contribution in [2.45, 2.75) is 26.3 Å². The summed E-state index contributed by atoms with van der Waals surface area (Å²) in [6, 6.07) is 7.83. The zero-order valence-electron chi connectivity index (χ0n) is 16.9. The van der Waals surface area contributed by atoms with E-state index in [1.807, 2.05) is 55.0 Å². The molecule has 0 spiro atoms. The maximum atomic E-state index is 11.9. The van der Waals surface area contributed by atoms with E-state index >= 15 is 0 Å². The number of carbonyl (C=O) groups is 1. The fraction of sp³-hybridized carbons (Fsp3) is 0.579. The van der Waals surface area contributed by atoms with Crippen LogP contribution in [0.4, 0.5) is 5.69 Å². The molecule has 1 aromatic rings. The van der Waals surface area contributed by atoms with Crippen molar-refractivity contribution in [3.63, 3.8) is 0 Å². The number of benzene rings is 1. The third kappa shape index (κ3) is 12.9. The van der Waals surface area contributed by atoms with E-state index in [-0.39, 0.29) is 29.9 Å². The van der Waals surface area contributed by atoms with Gasteiger partial charge in [-0.15, -0.1) is 24.0 Å². The second-order valence-corrected chi connectivity index (χ2v) is 7.29. The van der Waals surface area contributed by atoms with E-state index in [4.69, 9.17) is 0 Å². The molecule has 27 heavy (non-hydrogen) atoms. The molecule has 8 heteroatoms. The highest BCUT2D eigenvalue weighted by atomic mass is 127. The number of hydrogen-bond acceptors (Lipinski definition) is 4. The molecule has 1 rings (SSSR count). The second-order valence-electron chi connectivity index (χ2n) is 6.31. The molecule has 0 unspecified atom stereocenters. The Hall–Kier alpha value is -1.00. The number of aliphatic imine (C=N–C) groups is 1. The number of nitrogens with zero attached hydrogens (tertiary/aromatic N) is 2. The Balaban J connectivity index is 0.00000676. The lowest BCUT2D eigenvalue weighted by atomic mass is 10.2. The van der Waals surface area contributed by atoms with Gasteiger partial charge in [0.2, 0.25) is 5.91 Å². The average molecular weight is 507 g/mol. The van der Waals surface area contributed by atoms with Gasteiger partial charge in [0, 0.05) is 18.8 Å². The Bertz CT molecular complexity index is 569. The van der Waals surface area contributed by atoms with Crippen molar-refractivity contribution < 1.29 is 4.79 Å². The summed E-state index contributed by atoms with van der Waals surface area (Å²) in [6.07, 6.45) is 4.48. The zero-order chi connectivity index (χ0) is 19.2. The van der Waals surface area contributed by atoms with Gasteiger partial charge in [-0.2, -0.15) is 11.8 Å². The van der Waals surface area contributed by atoms with Gasteiger partial charge in [0.1, 0.15) is 0 Å². The third-order valence-electron chi connectivity index (χ3n) is 3.50. The van der Waals surface area contributed by atoms with E-state index in [0.717, 1.165) is 36.7 Å². The SMILES string of the molecule is CCNC(=NCc1cccc(NC(=O)CN(C)C)c1)NCCCCSC.I. The van der Waals surface area contributed by atoms with E-state index in [1.165, 1.54) is 12.2 Å². The quantitative estimate of drug-likeness (QED) is 0.186. The summed E-state index contributed by atoms with van der Waals surface area (Å²) in [5.41, 5.74) is 1.87. The summed E-state index contributed by atoms with van der Waals surface area (Å²) in [7, 11) is 3.75. The van der Waals surface area contributed by atoms with Crippen molar-refractivity contribution in [1.29, 1.82) is 0 Å². The molecule has 0 aliphatic rings. The normalized spacial score (nSPS) is 11.1. The second kappa shape index (κ2) is 16.0. The predicted molar refractivity (Wildman–Crippen MR) is 129 cm³/mol. The molecular weight excluding hydrogens is 473 g/mol. The smallest absolute Gasteiger partial charge is 0.238 e. The van der Waals surface area contributed by atoms with Crippen LogP contribution in [0.25, 0.3) is 0 Å². The Morgan fingerprint density at radius 1 is 1.22 bits per heavy atom. The van der Waals surface area contributed by atoms with E-state index < -0.39 is 0 Å². The molecule has 0 bridgehead atoms. The number of amides is 1. The van der Waals surface area contributed by atoms with Crippen LogP contribution in [0.5, 0.6) is 0 Å². The number of anilines is 1. The van der Waals surface area contributed by atoms with Crippen molar-refractivity contribution in [2.75, 3.05) is 51.1 Å². The van der Waals surface area contributed by atoms with E-state index in [0.29, 0.717) is 13.1 Å². The molecule has 0 aliphatic heterocycles. The number of rotatable bonds is 11. The average Bonchev–Trinajstić information content (AvgIpc) is 2.59. The van der Waals surface area contributed by atoms with Gasteiger partial charge in [0.05, 0.1) is 13.1 Å². The first kappa shape index (κ1) is 26.0. The molecule has 1 amide bonds. The summed E-state index contributed by atoms with van der Waals surface area (Å²) in [5, 5.41) is 9.56. The Morgan fingerprint density at radius 2 is 2.00 bits per heavy atom. The number of thioether (sulfide) groups is 1. The molecule has 0 aliphatic carbocycles. The van der Waals surface area contributed by atoms with Crippen LogP contribution in [0, 0.1) is 0 Å². The molecule has 0 fully saturated rings. The molecule has 1 aromatic carbocycles. The number of halogens is 1. The Morgan fingerprint density at radius 3 is 2.67 bits per heavy atom. The molecule has 154 valence electrons. The first-order chi connectivity index (χ1) is 12.5. The van der Waals surface area contributed by atoms with Gasteiger partial charge in [-0.1, -0.05) is 12.1 Å². The Labute approximate surface area is 185 Å². The molecule has 0 radical (unpaired) electrons. The van der Waals surface area contributed by atoms with Crippen LogP contribution in [0.1, 0.15) is 25.3 Å². The van der Waals surface area contributed by atoms with E-state index in [2.05, 4.69) is 34.1 Å².